The Bertz CT molecular complexity index is 764. The number of carbonyl (C=O) groups excluding carboxylic acids is 1. The van der Waals surface area contributed by atoms with Gasteiger partial charge in [-0.25, -0.2) is 4.79 Å². The van der Waals surface area contributed by atoms with E-state index in [0.717, 1.165) is 10.8 Å². The minimum Gasteiger partial charge on any atom is -0.425 e. The minimum atomic E-state index is -1.11. The first-order valence-electron chi connectivity index (χ1n) is 7.46. The van der Waals surface area contributed by atoms with Gasteiger partial charge in [-0.05, 0) is 36.8 Å². The smallest absolute Gasteiger partial charge is 0.340 e. The van der Waals surface area contributed by atoms with Crippen LogP contribution in [0.25, 0.3) is 10.8 Å². The Morgan fingerprint density at radius 3 is 2.09 bits per heavy atom. The summed E-state index contributed by atoms with van der Waals surface area (Å²) in [6.45, 7) is 3.46. The van der Waals surface area contributed by atoms with Crippen molar-refractivity contribution in [2.75, 3.05) is 0 Å². The summed E-state index contributed by atoms with van der Waals surface area (Å²) in [5.74, 6) is -0.195. The van der Waals surface area contributed by atoms with Crippen molar-refractivity contribution < 1.29 is 14.6 Å². The van der Waals surface area contributed by atoms with Crippen LogP contribution in [0, 0.1) is 6.92 Å². The molecule has 3 aromatic carbocycles. The van der Waals surface area contributed by atoms with E-state index in [2.05, 4.69) is 19.1 Å². The maximum Gasteiger partial charge on any atom is 0.340 e. The van der Waals surface area contributed by atoms with Crippen LogP contribution in [0.1, 0.15) is 12.5 Å². The molecule has 3 rings (SSSR count). The Kier molecular flexibility index (Phi) is 5.89. The first kappa shape index (κ1) is 16.7. The zero-order valence-electron chi connectivity index (χ0n) is 13.3. The van der Waals surface area contributed by atoms with Crippen molar-refractivity contribution in [3.63, 3.8) is 0 Å². The second-order valence-electron chi connectivity index (χ2n) is 5.26. The van der Waals surface area contributed by atoms with Crippen LogP contribution in [0.3, 0.4) is 0 Å². The highest BCUT2D eigenvalue weighted by Gasteiger charge is 2.11. The van der Waals surface area contributed by atoms with Gasteiger partial charge in [0.1, 0.15) is 11.9 Å². The quantitative estimate of drug-likeness (QED) is 0.572. The monoisotopic (exact) mass is 308 g/mol. The van der Waals surface area contributed by atoms with Crippen LogP contribution < -0.4 is 4.74 Å². The normalized spacial score (nSPS) is 11.3. The van der Waals surface area contributed by atoms with Crippen LogP contribution in [0.15, 0.2) is 72.8 Å². The van der Waals surface area contributed by atoms with Gasteiger partial charge >= 0.3 is 5.97 Å². The number of aryl methyl sites for hydroxylation is 1. The number of fused-ring (bicyclic) bond motifs is 1. The van der Waals surface area contributed by atoms with Crippen LogP contribution in [-0.2, 0) is 4.79 Å². The number of hydrogen-bond acceptors (Lipinski definition) is 3. The fourth-order valence-corrected chi connectivity index (χ4v) is 1.97. The molecule has 0 aliphatic heterocycles. The SMILES string of the molecule is CC(O)C(=O)Oc1ccc2ccccc2c1.Cc1ccccc1. The van der Waals surface area contributed by atoms with Crippen molar-refractivity contribution in [1.29, 1.82) is 0 Å². The van der Waals surface area contributed by atoms with E-state index in [9.17, 15) is 4.79 Å². The van der Waals surface area contributed by atoms with Gasteiger partial charge in [-0.1, -0.05) is 66.2 Å². The fraction of sp³-hybridized carbons (Fsp3) is 0.150. The molecule has 0 radical (unpaired) electrons. The van der Waals surface area contributed by atoms with Crippen molar-refractivity contribution in [3.8, 4) is 5.75 Å². The van der Waals surface area contributed by atoms with Crippen LogP contribution >= 0.6 is 0 Å². The largest absolute Gasteiger partial charge is 0.425 e. The Balaban J connectivity index is 0.000000229. The lowest BCUT2D eigenvalue weighted by atomic mass is 10.1. The zero-order chi connectivity index (χ0) is 16.7. The van der Waals surface area contributed by atoms with E-state index in [4.69, 9.17) is 9.84 Å². The van der Waals surface area contributed by atoms with E-state index in [1.807, 2.05) is 48.5 Å². The standard InChI is InChI=1S/C13H12O3.C7H8/c1-9(14)13(15)16-12-7-6-10-4-2-3-5-11(10)8-12;1-7-5-3-2-4-6-7/h2-9,14H,1H3;2-6H,1H3. The molecule has 1 N–H and O–H groups in total. The molecule has 0 fully saturated rings. The van der Waals surface area contributed by atoms with Crippen LogP contribution in [-0.4, -0.2) is 17.2 Å². The Labute approximate surface area is 136 Å². The summed E-state index contributed by atoms with van der Waals surface area (Å²) >= 11 is 0. The van der Waals surface area contributed by atoms with E-state index in [-0.39, 0.29) is 0 Å². The topological polar surface area (TPSA) is 46.5 Å². The van der Waals surface area contributed by atoms with Gasteiger partial charge in [-0.3, -0.25) is 0 Å². The molecule has 23 heavy (non-hydrogen) atoms. The molecule has 0 heterocycles. The molecule has 3 heteroatoms. The van der Waals surface area contributed by atoms with Gasteiger partial charge in [0, 0.05) is 0 Å². The molecule has 0 aliphatic rings. The first-order chi connectivity index (χ1) is 11.1. The molecule has 3 aromatic rings. The summed E-state index contributed by atoms with van der Waals surface area (Å²) in [4.78, 5) is 11.2. The predicted octanol–water partition coefficient (Wildman–Crippen LogP) is 4.12. The number of aliphatic hydroxyl groups excluding tert-OH is 1. The predicted molar refractivity (Wildman–Crippen MR) is 92.4 cm³/mol. The molecule has 0 aromatic heterocycles. The van der Waals surface area contributed by atoms with Gasteiger partial charge in [0.2, 0.25) is 0 Å². The summed E-state index contributed by atoms with van der Waals surface area (Å²) in [6.07, 6.45) is -1.11. The van der Waals surface area contributed by atoms with Crippen molar-refractivity contribution >= 4 is 16.7 Å². The number of aliphatic hydroxyl groups is 1. The summed E-state index contributed by atoms with van der Waals surface area (Å²) in [6, 6.07) is 23.4. The zero-order valence-corrected chi connectivity index (χ0v) is 13.3. The molecule has 0 saturated carbocycles. The number of rotatable bonds is 2. The third-order valence-electron chi connectivity index (χ3n) is 3.22. The Morgan fingerprint density at radius 1 is 0.913 bits per heavy atom. The van der Waals surface area contributed by atoms with Gasteiger partial charge in [-0.2, -0.15) is 0 Å². The average molecular weight is 308 g/mol. The molecule has 0 saturated heterocycles. The van der Waals surface area contributed by atoms with Crippen LogP contribution in [0.5, 0.6) is 5.75 Å². The number of benzene rings is 3. The van der Waals surface area contributed by atoms with Gasteiger partial charge in [-0.15, -0.1) is 0 Å². The molecule has 0 aliphatic carbocycles. The van der Waals surface area contributed by atoms with E-state index < -0.39 is 12.1 Å². The van der Waals surface area contributed by atoms with E-state index in [1.54, 1.807) is 12.1 Å². The van der Waals surface area contributed by atoms with Crippen molar-refractivity contribution in [2.45, 2.75) is 20.0 Å². The third kappa shape index (κ3) is 5.24. The summed E-state index contributed by atoms with van der Waals surface area (Å²) < 4.78 is 4.99. The molecule has 3 nitrogen and oxygen atoms in total. The van der Waals surface area contributed by atoms with Crippen molar-refractivity contribution in [3.05, 3.63) is 78.4 Å². The summed E-state index contributed by atoms with van der Waals surface area (Å²) in [5, 5.41) is 11.1. The third-order valence-corrected chi connectivity index (χ3v) is 3.22. The second-order valence-corrected chi connectivity index (χ2v) is 5.26. The second kappa shape index (κ2) is 8.11. The van der Waals surface area contributed by atoms with Crippen molar-refractivity contribution in [1.82, 2.24) is 0 Å². The lowest BCUT2D eigenvalue weighted by molar-refractivity contribution is -0.142. The molecule has 0 spiro atoms. The van der Waals surface area contributed by atoms with Crippen molar-refractivity contribution in [2.24, 2.45) is 0 Å². The molecule has 1 unspecified atom stereocenters. The number of ether oxygens (including phenoxy) is 1. The van der Waals surface area contributed by atoms with E-state index in [0.29, 0.717) is 5.75 Å². The maximum atomic E-state index is 11.2. The number of esters is 1. The highest BCUT2D eigenvalue weighted by atomic mass is 16.5. The van der Waals surface area contributed by atoms with Gasteiger partial charge in [0.05, 0.1) is 0 Å². The van der Waals surface area contributed by atoms with Crippen LogP contribution in [0.2, 0.25) is 0 Å². The first-order valence-corrected chi connectivity index (χ1v) is 7.46. The molecular formula is C20H20O3. The minimum absolute atomic E-state index is 0.449. The van der Waals surface area contributed by atoms with E-state index in [1.165, 1.54) is 12.5 Å². The molecule has 0 amide bonds. The molecular weight excluding hydrogens is 288 g/mol. The Hall–Kier alpha value is -2.65. The molecule has 0 bridgehead atoms. The summed E-state index contributed by atoms with van der Waals surface area (Å²) in [5.41, 5.74) is 1.32. The maximum absolute atomic E-state index is 11.2. The van der Waals surface area contributed by atoms with Crippen LogP contribution in [0.4, 0.5) is 0 Å². The number of hydrogen-bond donors (Lipinski definition) is 1. The van der Waals surface area contributed by atoms with Gasteiger partial charge in [0.15, 0.2) is 0 Å². The highest BCUT2D eigenvalue weighted by molar-refractivity contribution is 5.85. The van der Waals surface area contributed by atoms with E-state index >= 15 is 0 Å². The average Bonchev–Trinajstić information content (AvgIpc) is 2.56. The number of carbonyl (C=O) groups is 1. The molecule has 118 valence electrons. The van der Waals surface area contributed by atoms with Gasteiger partial charge < -0.3 is 9.84 Å². The Morgan fingerprint density at radius 2 is 1.52 bits per heavy atom. The van der Waals surface area contributed by atoms with Gasteiger partial charge in [0.25, 0.3) is 0 Å². The lowest BCUT2D eigenvalue weighted by Gasteiger charge is -2.06. The highest BCUT2D eigenvalue weighted by Crippen LogP contribution is 2.20. The fourth-order valence-electron chi connectivity index (χ4n) is 1.97. The molecule has 1 atom stereocenters. The summed E-state index contributed by atoms with van der Waals surface area (Å²) in [7, 11) is 0. The lowest BCUT2D eigenvalue weighted by Crippen LogP contribution is -2.22.